The second-order valence-electron chi connectivity index (χ2n) is 5.47. The molecule has 0 radical (unpaired) electrons. The number of hydrogen-bond donors (Lipinski definition) is 2. The molecule has 10 nitrogen and oxygen atoms in total. The number of carboxylic acid groups (broad SMARTS) is 1. The van der Waals surface area contributed by atoms with E-state index in [1.807, 2.05) is 0 Å². The molecule has 28 heavy (non-hydrogen) atoms. The van der Waals surface area contributed by atoms with Crippen LogP contribution in [0.5, 0.6) is 11.5 Å². The van der Waals surface area contributed by atoms with Crippen LogP contribution in [0.25, 0.3) is 0 Å². The highest BCUT2D eigenvalue weighted by atomic mass is 16.6. The molecule has 0 aromatic heterocycles. The Morgan fingerprint density at radius 2 is 1.93 bits per heavy atom. The van der Waals surface area contributed by atoms with Crippen molar-refractivity contribution in [2.45, 2.75) is 13.0 Å². The van der Waals surface area contributed by atoms with Gasteiger partial charge in [-0.1, -0.05) is 12.1 Å². The van der Waals surface area contributed by atoms with Crippen LogP contribution in [-0.2, 0) is 9.59 Å². The van der Waals surface area contributed by atoms with Gasteiger partial charge in [-0.2, -0.15) is 5.10 Å². The Bertz CT molecular complexity index is 881. The van der Waals surface area contributed by atoms with Gasteiger partial charge in [-0.05, 0) is 42.8 Å². The number of ether oxygens (including phenoxy) is 2. The number of benzene rings is 2. The Balaban J connectivity index is 1.83. The van der Waals surface area contributed by atoms with Crippen LogP contribution in [0.3, 0.4) is 0 Å². The number of para-hydroxylation sites is 2. The Kier molecular flexibility index (Phi) is 7.03. The van der Waals surface area contributed by atoms with E-state index < -0.39 is 29.5 Å². The average molecular weight is 387 g/mol. The SMILES string of the molecule is C[C@H](Oc1ccc(/C=N/NC(=O)COc2ccccc2[N+](=O)[O-])cc1)C(=O)O. The maximum Gasteiger partial charge on any atom is 0.344 e. The van der Waals surface area contributed by atoms with Crippen molar-refractivity contribution in [3.8, 4) is 11.5 Å². The first-order valence-corrected chi connectivity index (χ1v) is 8.04. The number of rotatable bonds is 9. The third-order valence-electron chi connectivity index (χ3n) is 3.36. The molecule has 0 bridgehead atoms. The Morgan fingerprint density at radius 1 is 1.25 bits per heavy atom. The topological polar surface area (TPSA) is 140 Å². The predicted octanol–water partition coefficient (Wildman–Crippen LogP) is 1.98. The molecule has 10 heteroatoms. The second kappa shape index (κ2) is 9.67. The molecule has 2 N–H and O–H groups in total. The first-order valence-electron chi connectivity index (χ1n) is 8.04. The lowest BCUT2D eigenvalue weighted by molar-refractivity contribution is -0.385. The summed E-state index contributed by atoms with van der Waals surface area (Å²) < 4.78 is 10.3. The van der Waals surface area contributed by atoms with Gasteiger partial charge in [-0.25, -0.2) is 10.2 Å². The highest BCUT2D eigenvalue weighted by Crippen LogP contribution is 2.25. The third kappa shape index (κ3) is 6.09. The van der Waals surface area contributed by atoms with E-state index in [0.717, 1.165) is 0 Å². The zero-order chi connectivity index (χ0) is 20.5. The van der Waals surface area contributed by atoms with Crippen LogP contribution >= 0.6 is 0 Å². The van der Waals surface area contributed by atoms with Gasteiger partial charge in [0.15, 0.2) is 18.5 Å². The third-order valence-corrected chi connectivity index (χ3v) is 3.36. The Morgan fingerprint density at radius 3 is 2.57 bits per heavy atom. The zero-order valence-corrected chi connectivity index (χ0v) is 14.8. The summed E-state index contributed by atoms with van der Waals surface area (Å²) in [7, 11) is 0. The van der Waals surface area contributed by atoms with Crippen LogP contribution in [0.2, 0.25) is 0 Å². The van der Waals surface area contributed by atoms with Crippen molar-refractivity contribution in [3.63, 3.8) is 0 Å². The molecule has 0 aliphatic carbocycles. The van der Waals surface area contributed by atoms with E-state index in [1.165, 1.54) is 31.3 Å². The van der Waals surface area contributed by atoms with Crippen LogP contribution < -0.4 is 14.9 Å². The van der Waals surface area contributed by atoms with Gasteiger partial charge in [0, 0.05) is 6.07 Å². The average Bonchev–Trinajstić information content (AvgIpc) is 2.67. The van der Waals surface area contributed by atoms with E-state index in [4.69, 9.17) is 14.6 Å². The monoisotopic (exact) mass is 387 g/mol. The molecule has 0 fully saturated rings. The first kappa shape index (κ1) is 20.4. The molecule has 0 heterocycles. The van der Waals surface area contributed by atoms with Gasteiger partial charge in [-0.3, -0.25) is 14.9 Å². The summed E-state index contributed by atoms with van der Waals surface area (Å²) in [6.07, 6.45) is 0.395. The maximum atomic E-state index is 11.7. The number of nitrogens with zero attached hydrogens (tertiary/aromatic N) is 2. The standard InChI is InChI=1S/C18H17N3O7/c1-12(18(23)24)28-14-8-6-13(7-9-14)10-19-20-17(22)11-27-16-5-3-2-4-15(16)21(25)26/h2-10,12H,11H2,1H3,(H,20,22)(H,23,24)/b19-10+/t12-/m0/s1. The number of carbonyl (C=O) groups is 2. The minimum absolute atomic E-state index is 0.0159. The van der Waals surface area contributed by atoms with E-state index in [-0.39, 0.29) is 11.4 Å². The van der Waals surface area contributed by atoms with Gasteiger partial charge < -0.3 is 14.6 Å². The fraction of sp³-hybridized carbons (Fsp3) is 0.167. The molecule has 0 aliphatic heterocycles. The molecule has 0 aliphatic rings. The molecular weight excluding hydrogens is 370 g/mol. The lowest BCUT2D eigenvalue weighted by Crippen LogP contribution is -2.24. The first-order chi connectivity index (χ1) is 13.4. The molecule has 0 saturated carbocycles. The van der Waals surface area contributed by atoms with Crippen LogP contribution in [0.1, 0.15) is 12.5 Å². The molecule has 2 aromatic rings. The zero-order valence-electron chi connectivity index (χ0n) is 14.8. The summed E-state index contributed by atoms with van der Waals surface area (Å²) >= 11 is 0. The van der Waals surface area contributed by atoms with Gasteiger partial charge in [0.25, 0.3) is 5.91 Å². The number of hydrogen-bond acceptors (Lipinski definition) is 7. The number of aliphatic carboxylic acids is 1. The van der Waals surface area contributed by atoms with Crippen molar-refractivity contribution in [1.82, 2.24) is 5.43 Å². The van der Waals surface area contributed by atoms with Gasteiger partial charge >= 0.3 is 11.7 Å². The molecular formula is C18H17N3O7. The minimum Gasteiger partial charge on any atom is -0.479 e. The van der Waals surface area contributed by atoms with Crippen molar-refractivity contribution in [1.29, 1.82) is 0 Å². The molecule has 146 valence electrons. The van der Waals surface area contributed by atoms with E-state index in [2.05, 4.69) is 10.5 Å². The van der Waals surface area contributed by atoms with E-state index >= 15 is 0 Å². The van der Waals surface area contributed by atoms with Crippen LogP contribution in [0.15, 0.2) is 53.6 Å². The van der Waals surface area contributed by atoms with E-state index in [1.54, 1.807) is 30.3 Å². The van der Waals surface area contributed by atoms with Gasteiger partial charge in [0.05, 0.1) is 11.1 Å². The molecule has 1 amide bonds. The maximum absolute atomic E-state index is 11.7. The molecule has 1 atom stereocenters. The highest BCUT2D eigenvalue weighted by Gasteiger charge is 2.14. The fourth-order valence-electron chi connectivity index (χ4n) is 1.97. The molecule has 0 saturated heterocycles. The quantitative estimate of drug-likeness (QED) is 0.381. The van der Waals surface area contributed by atoms with Crippen molar-refractivity contribution in [2.75, 3.05) is 6.61 Å². The van der Waals surface area contributed by atoms with Crippen molar-refractivity contribution >= 4 is 23.8 Å². The summed E-state index contributed by atoms with van der Waals surface area (Å²) in [4.78, 5) is 32.7. The van der Waals surface area contributed by atoms with E-state index in [9.17, 15) is 19.7 Å². The number of nitro groups is 1. The number of carbonyl (C=O) groups excluding carboxylic acids is 1. The number of nitro benzene ring substituents is 1. The van der Waals surface area contributed by atoms with Crippen LogP contribution in [-0.4, -0.2) is 40.8 Å². The highest BCUT2D eigenvalue weighted by molar-refractivity contribution is 5.83. The predicted molar refractivity (Wildman–Crippen MR) is 98.5 cm³/mol. The Hall–Kier alpha value is -3.95. The second-order valence-corrected chi connectivity index (χ2v) is 5.47. The Labute approximate surface area is 159 Å². The fourth-order valence-corrected chi connectivity index (χ4v) is 1.97. The lowest BCUT2D eigenvalue weighted by Gasteiger charge is -2.09. The van der Waals surface area contributed by atoms with Gasteiger partial charge in [-0.15, -0.1) is 0 Å². The lowest BCUT2D eigenvalue weighted by atomic mass is 10.2. The van der Waals surface area contributed by atoms with Gasteiger partial charge in [0.1, 0.15) is 5.75 Å². The van der Waals surface area contributed by atoms with Gasteiger partial charge in [0.2, 0.25) is 0 Å². The number of amides is 1. The van der Waals surface area contributed by atoms with Crippen LogP contribution in [0, 0.1) is 10.1 Å². The summed E-state index contributed by atoms with van der Waals surface area (Å²) in [5.41, 5.74) is 2.64. The van der Waals surface area contributed by atoms with Crippen molar-refractivity contribution in [2.24, 2.45) is 5.10 Å². The molecule has 0 unspecified atom stereocenters. The minimum atomic E-state index is -1.07. The van der Waals surface area contributed by atoms with Crippen LogP contribution in [0.4, 0.5) is 5.69 Å². The number of nitrogens with one attached hydrogen (secondary N) is 1. The number of carboxylic acids is 1. The molecule has 0 spiro atoms. The number of hydrazone groups is 1. The normalized spacial score (nSPS) is 11.6. The smallest absolute Gasteiger partial charge is 0.344 e. The summed E-state index contributed by atoms with van der Waals surface area (Å²) in [6, 6.07) is 12.1. The van der Waals surface area contributed by atoms with Crippen molar-refractivity contribution in [3.05, 3.63) is 64.2 Å². The van der Waals surface area contributed by atoms with E-state index in [0.29, 0.717) is 11.3 Å². The van der Waals surface area contributed by atoms with Crippen molar-refractivity contribution < 1.29 is 29.1 Å². The molecule has 2 rings (SSSR count). The summed E-state index contributed by atoms with van der Waals surface area (Å²) in [5.74, 6) is -1.30. The summed E-state index contributed by atoms with van der Waals surface area (Å²) in [5, 5.41) is 23.4. The largest absolute Gasteiger partial charge is 0.479 e. The molecule has 2 aromatic carbocycles. The summed E-state index contributed by atoms with van der Waals surface area (Å²) in [6.45, 7) is 0.974.